The van der Waals surface area contributed by atoms with Crippen molar-refractivity contribution in [3.63, 3.8) is 0 Å². The van der Waals surface area contributed by atoms with Crippen molar-refractivity contribution in [2.24, 2.45) is 0 Å². The Bertz CT molecular complexity index is 266. The summed E-state index contributed by atoms with van der Waals surface area (Å²) in [4.78, 5) is 22.5. The second-order valence-electron chi connectivity index (χ2n) is 3.83. The maximum Gasteiger partial charge on any atom is 0.279 e. The van der Waals surface area contributed by atoms with Gasteiger partial charge in [-0.25, -0.2) is 0 Å². The molecule has 2 aliphatic heterocycles. The summed E-state index contributed by atoms with van der Waals surface area (Å²) in [7, 11) is 0. The number of amides is 2. The molecule has 0 aliphatic carbocycles. The van der Waals surface area contributed by atoms with Crippen LogP contribution in [0.2, 0.25) is 0 Å². The highest BCUT2D eigenvalue weighted by molar-refractivity contribution is 8.14. The van der Waals surface area contributed by atoms with Gasteiger partial charge in [0.05, 0.1) is 0 Å². The van der Waals surface area contributed by atoms with Crippen LogP contribution in [0, 0.1) is 0 Å². The number of hydrogen-bond acceptors (Lipinski definition) is 4. The molecular weight excluding hydrogens is 214 g/mol. The molecule has 2 rings (SSSR count). The molecule has 0 spiro atoms. The van der Waals surface area contributed by atoms with Crippen LogP contribution in [0.25, 0.3) is 0 Å². The topological polar surface area (TPSA) is 70.2 Å². The van der Waals surface area contributed by atoms with Gasteiger partial charge in [0, 0.05) is 18.3 Å². The Labute approximate surface area is 92.7 Å². The summed E-state index contributed by atoms with van der Waals surface area (Å²) in [6.45, 7) is 1.70. The van der Waals surface area contributed by atoms with E-state index < -0.39 is 0 Å². The SMILES string of the molecule is O=C1N[C@H](C(=O)NCC2CCCN2)CS1. The fraction of sp³-hybridized carbons (Fsp3) is 0.778. The first kappa shape index (κ1) is 10.8. The van der Waals surface area contributed by atoms with Gasteiger partial charge < -0.3 is 16.0 Å². The third-order valence-electron chi connectivity index (χ3n) is 2.67. The predicted octanol–water partition coefficient (Wildman–Crippen LogP) is -0.320. The minimum absolute atomic E-state index is 0.0675. The molecule has 2 saturated heterocycles. The van der Waals surface area contributed by atoms with Gasteiger partial charge in [-0.15, -0.1) is 0 Å². The molecule has 0 bridgehead atoms. The highest BCUT2D eigenvalue weighted by Gasteiger charge is 2.28. The fourth-order valence-electron chi connectivity index (χ4n) is 1.80. The van der Waals surface area contributed by atoms with Gasteiger partial charge in [-0.3, -0.25) is 9.59 Å². The molecule has 0 aromatic carbocycles. The molecule has 0 saturated carbocycles. The molecule has 2 aliphatic rings. The number of thioether (sulfide) groups is 1. The Kier molecular flexibility index (Phi) is 3.48. The lowest BCUT2D eigenvalue weighted by molar-refractivity contribution is -0.122. The summed E-state index contributed by atoms with van der Waals surface area (Å²) in [5, 5.41) is 8.68. The first-order valence-corrected chi connectivity index (χ1v) is 6.18. The van der Waals surface area contributed by atoms with E-state index in [2.05, 4.69) is 16.0 Å². The Balaban J connectivity index is 1.70. The zero-order valence-corrected chi connectivity index (χ0v) is 9.23. The fourth-order valence-corrected chi connectivity index (χ4v) is 2.58. The van der Waals surface area contributed by atoms with Gasteiger partial charge in [-0.05, 0) is 19.4 Å². The quantitative estimate of drug-likeness (QED) is 0.620. The highest BCUT2D eigenvalue weighted by atomic mass is 32.2. The summed E-state index contributed by atoms with van der Waals surface area (Å²) in [6.07, 6.45) is 2.29. The molecule has 84 valence electrons. The highest BCUT2D eigenvalue weighted by Crippen LogP contribution is 2.12. The van der Waals surface area contributed by atoms with Crippen molar-refractivity contribution >= 4 is 22.9 Å². The van der Waals surface area contributed by atoms with Crippen molar-refractivity contribution in [3.05, 3.63) is 0 Å². The van der Waals surface area contributed by atoms with Crippen LogP contribution >= 0.6 is 11.8 Å². The summed E-state index contributed by atoms with van der Waals surface area (Å²) >= 11 is 1.17. The monoisotopic (exact) mass is 229 g/mol. The van der Waals surface area contributed by atoms with Crippen molar-refractivity contribution < 1.29 is 9.59 Å². The molecule has 15 heavy (non-hydrogen) atoms. The van der Waals surface area contributed by atoms with Crippen molar-refractivity contribution in [2.45, 2.75) is 24.9 Å². The van der Waals surface area contributed by atoms with E-state index in [4.69, 9.17) is 0 Å². The van der Waals surface area contributed by atoms with E-state index in [1.54, 1.807) is 0 Å². The summed E-state index contributed by atoms with van der Waals surface area (Å²) in [6, 6.07) is 0.0580. The molecule has 2 fully saturated rings. The zero-order chi connectivity index (χ0) is 10.7. The van der Waals surface area contributed by atoms with Crippen molar-refractivity contribution in [1.29, 1.82) is 0 Å². The van der Waals surface area contributed by atoms with Gasteiger partial charge in [0.1, 0.15) is 6.04 Å². The lowest BCUT2D eigenvalue weighted by Crippen LogP contribution is -2.46. The average molecular weight is 229 g/mol. The Morgan fingerprint density at radius 2 is 2.47 bits per heavy atom. The van der Waals surface area contributed by atoms with E-state index >= 15 is 0 Å². The smallest absolute Gasteiger partial charge is 0.279 e. The van der Waals surface area contributed by atoms with Gasteiger partial charge in [-0.2, -0.15) is 0 Å². The van der Waals surface area contributed by atoms with Crippen molar-refractivity contribution in [2.75, 3.05) is 18.8 Å². The minimum Gasteiger partial charge on any atom is -0.353 e. The molecule has 5 nitrogen and oxygen atoms in total. The van der Waals surface area contributed by atoms with Gasteiger partial charge >= 0.3 is 0 Å². The average Bonchev–Trinajstić information content (AvgIpc) is 2.84. The largest absolute Gasteiger partial charge is 0.353 e. The lowest BCUT2D eigenvalue weighted by Gasteiger charge is -2.14. The molecular formula is C9H15N3O2S. The van der Waals surface area contributed by atoms with Gasteiger partial charge in [0.25, 0.3) is 5.24 Å². The van der Waals surface area contributed by atoms with Crippen LogP contribution < -0.4 is 16.0 Å². The molecule has 0 radical (unpaired) electrons. The maximum atomic E-state index is 11.6. The van der Waals surface area contributed by atoms with Crippen LogP contribution in [-0.4, -0.2) is 42.1 Å². The van der Waals surface area contributed by atoms with E-state index in [1.807, 2.05) is 0 Å². The van der Waals surface area contributed by atoms with E-state index in [0.717, 1.165) is 13.0 Å². The second kappa shape index (κ2) is 4.85. The molecule has 2 heterocycles. The summed E-state index contributed by atoms with van der Waals surface area (Å²) in [5.74, 6) is 0.477. The summed E-state index contributed by atoms with van der Waals surface area (Å²) < 4.78 is 0. The van der Waals surface area contributed by atoms with Crippen LogP contribution in [0.3, 0.4) is 0 Å². The van der Waals surface area contributed by atoms with Crippen LogP contribution in [0.1, 0.15) is 12.8 Å². The van der Waals surface area contributed by atoms with Crippen LogP contribution in [0.15, 0.2) is 0 Å². The maximum absolute atomic E-state index is 11.6. The number of carbonyl (C=O) groups is 2. The Morgan fingerprint density at radius 1 is 1.60 bits per heavy atom. The standard InChI is InChI=1S/C9H15N3O2S/c13-8(7-5-15-9(14)12-7)11-4-6-2-1-3-10-6/h6-7,10H,1-5H2,(H,11,13)(H,12,14)/t6?,7-/m0/s1. The van der Waals surface area contributed by atoms with Gasteiger partial charge in [-0.1, -0.05) is 11.8 Å². The van der Waals surface area contributed by atoms with E-state index in [1.165, 1.54) is 18.2 Å². The van der Waals surface area contributed by atoms with Gasteiger partial charge in [0.2, 0.25) is 5.91 Å². The third-order valence-corrected chi connectivity index (χ3v) is 3.55. The lowest BCUT2D eigenvalue weighted by atomic mass is 10.2. The minimum atomic E-state index is -0.344. The van der Waals surface area contributed by atoms with Crippen LogP contribution in [0.5, 0.6) is 0 Å². The van der Waals surface area contributed by atoms with E-state index in [-0.39, 0.29) is 17.2 Å². The molecule has 0 aromatic heterocycles. The van der Waals surface area contributed by atoms with Gasteiger partial charge in [0.15, 0.2) is 0 Å². The number of hydrogen-bond donors (Lipinski definition) is 3. The first-order chi connectivity index (χ1) is 7.25. The zero-order valence-electron chi connectivity index (χ0n) is 8.41. The molecule has 0 aromatic rings. The van der Waals surface area contributed by atoms with Crippen LogP contribution in [0.4, 0.5) is 4.79 Å². The second-order valence-corrected chi connectivity index (χ2v) is 4.83. The molecule has 1 unspecified atom stereocenters. The normalized spacial score (nSPS) is 30.3. The first-order valence-electron chi connectivity index (χ1n) is 5.20. The van der Waals surface area contributed by atoms with Crippen LogP contribution in [-0.2, 0) is 4.79 Å². The Morgan fingerprint density at radius 3 is 3.07 bits per heavy atom. The van der Waals surface area contributed by atoms with Crippen molar-refractivity contribution in [1.82, 2.24) is 16.0 Å². The Hall–Kier alpha value is -0.750. The number of carbonyl (C=O) groups excluding carboxylic acids is 2. The molecule has 2 amide bonds. The van der Waals surface area contributed by atoms with E-state index in [9.17, 15) is 9.59 Å². The predicted molar refractivity (Wildman–Crippen MR) is 58.8 cm³/mol. The molecule has 2 atom stereocenters. The third kappa shape index (κ3) is 2.85. The number of rotatable bonds is 3. The summed E-state index contributed by atoms with van der Waals surface area (Å²) in [5.41, 5.74) is 0. The molecule has 3 N–H and O–H groups in total. The number of nitrogens with one attached hydrogen (secondary N) is 3. The van der Waals surface area contributed by atoms with Crippen molar-refractivity contribution in [3.8, 4) is 0 Å². The molecule has 6 heteroatoms. The van der Waals surface area contributed by atoms with E-state index in [0.29, 0.717) is 18.3 Å².